The molecular formula is C21H24N2O3S. The van der Waals surface area contributed by atoms with Crippen LogP contribution >= 0.6 is 11.3 Å². The maximum Gasteiger partial charge on any atom is 0.349 e. The lowest BCUT2D eigenvalue weighted by atomic mass is 9.81. The number of nitrogens with zero attached hydrogens (tertiary/aromatic N) is 2. The van der Waals surface area contributed by atoms with E-state index in [0.717, 1.165) is 34.9 Å². The van der Waals surface area contributed by atoms with Gasteiger partial charge in [0.1, 0.15) is 10.4 Å². The Labute approximate surface area is 163 Å². The molecule has 27 heavy (non-hydrogen) atoms. The summed E-state index contributed by atoms with van der Waals surface area (Å²) in [6.45, 7) is 3.47. The van der Waals surface area contributed by atoms with Crippen molar-refractivity contribution in [1.29, 1.82) is 5.26 Å². The third-order valence-electron chi connectivity index (χ3n) is 5.52. The van der Waals surface area contributed by atoms with E-state index in [0.29, 0.717) is 17.7 Å². The van der Waals surface area contributed by atoms with Crippen LogP contribution < -0.4 is 0 Å². The lowest BCUT2D eigenvalue weighted by molar-refractivity contribution is -0.143. The molecule has 1 atom stereocenters. The number of amides is 1. The number of ether oxygens (including phenoxy) is 1. The van der Waals surface area contributed by atoms with Crippen LogP contribution in [-0.4, -0.2) is 35.5 Å². The fraction of sp³-hybridized carbons (Fsp3) is 0.476. The van der Waals surface area contributed by atoms with Crippen molar-refractivity contribution < 1.29 is 14.3 Å². The molecular weight excluding hydrogens is 360 g/mol. The predicted molar refractivity (Wildman–Crippen MR) is 106 cm³/mol. The molecule has 1 saturated carbocycles. The number of likely N-dealkylation sites (N-methyl/N-ethyl adjacent to an activating group) is 1. The zero-order valence-electron chi connectivity index (χ0n) is 15.9. The molecule has 3 rings (SSSR count). The second-order valence-electron chi connectivity index (χ2n) is 7.20. The number of fused-ring (bicyclic) bond motifs is 1. The van der Waals surface area contributed by atoms with Crippen molar-refractivity contribution in [1.82, 2.24) is 4.90 Å². The van der Waals surface area contributed by atoms with Crippen LogP contribution in [0.1, 0.15) is 54.3 Å². The number of carbonyl (C=O) groups excluding carboxylic acids is 2. The van der Waals surface area contributed by atoms with Crippen LogP contribution in [0, 0.1) is 18.3 Å². The minimum absolute atomic E-state index is 0.328. The number of nitriles is 1. The quantitative estimate of drug-likeness (QED) is 0.731. The van der Waals surface area contributed by atoms with Gasteiger partial charge in [-0.3, -0.25) is 4.79 Å². The van der Waals surface area contributed by atoms with Gasteiger partial charge in [0, 0.05) is 11.7 Å². The highest BCUT2D eigenvalue weighted by Crippen LogP contribution is 2.34. The van der Waals surface area contributed by atoms with E-state index in [1.807, 2.05) is 31.2 Å². The monoisotopic (exact) mass is 384 g/mol. The first-order chi connectivity index (χ1) is 12.9. The van der Waals surface area contributed by atoms with Gasteiger partial charge in [-0.15, -0.1) is 11.3 Å². The number of hydrogen-bond donors (Lipinski definition) is 0. The number of thiophene rings is 1. The zero-order valence-corrected chi connectivity index (χ0v) is 16.8. The number of rotatable bonds is 4. The smallest absolute Gasteiger partial charge is 0.349 e. The average Bonchev–Trinajstić information content (AvgIpc) is 3.04. The van der Waals surface area contributed by atoms with Crippen molar-refractivity contribution >= 4 is 33.3 Å². The first-order valence-electron chi connectivity index (χ1n) is 9.27. The summed E-state index contributed by atoms with van der Waals surface area (Å²) in [6.07, 6.45) is 3.35. The summed E-state index contributed by atoms with van der Waals surface area (Å²) in [5.41, 5.74) is 0.0816. The summed E-state index contributed by atoms with van der Waals surface area (Å²) in [6, 6.07) is 10.1. The molecule has 0 unspecified atom stereocenters. The Morgan fingerprint density at radius 1 is 1.26 bits per heavy atom. The second-order valence-corrected chi connectivity index (χ2v) is 8.25. The Balaban J connectivity index is 1.74. The van der Waals surface area contributed by atoms with Crippen LogP contribution in [0.5, 0.6) is 0 Å². The number of aryl methyl sites for hydroxylation is 1. The van der Waals surface area contributed by atoms with Gasteiger partial charge in [0.05, 0.1) is 6.07 Å². The third kappa shape index (κ3) is 3.57. The molecule has 0 saturated heterocycles. The fourth-order valence-corrected chi connectivity index (χ4v) is 4.87. The van der Waals surface area contributed by atoms with Gasteiger partial charge in [-0.2, -0.15) is 5.26 Å². The highest BCUT2D eigenvalue weighted by molar-refractivity contribution is 7.21. The summed E-state index contributed by atoms with van der Waals surface area (Å²) in [5.74, 6) is -0.817. The van der Waals surface area contributed by atoms with E-state index in [1.54, 1.807) is 14.0 Å². The van der Waals surface area contributed by atoms with E-state index in [9.17, 15) is 14.9 Å². The normalized spacial score (nSPS) is 17.1. The van der Waals surface area contributed by atoms with Gasteiger partial charge in [0.15, 0.2) is 6.10 Å². The number of esters is 1. The molecule has 0 N–H and O–H groups in total. The zero-order chi connectivity index (χ0) is 19.6. The molecule has 0 spiro atoms. The predicted octanol–water partition coefficient (Wildman–Crippen LogP) is 4.44. The summed E-state index contributed by atoms with van der Waals surface area (Å²) in [4.78, 5) is 27.5. The molecule has 1 fully saturated rings. The Morgan fingerprint density at radius 2 is 1.93 bits per heavy atom. The number of hydrogen-bond acceptors (Lipinski definition) is 5. The van der Waals surface area contributed by atoms with Crippen LogP contribution in [0.25, 0.3) is 10.1 Å². The highest BCUT2D eigenvalue weighted by atomic mass is 32.1. The molecule has 1 amide bonds. The van der Waals surface area contributed by atoms with Crippen molar-refractivity contribution in [3.63, 3.8) is 0 Å². The first-order valence-corrected chi connectivity index (χ1v) is 10.1. The van der Waals surface area contributed by atoms with E-state index in [2.05, 4.69) is 6.07 Å². The minimum atomic E-state index is -0.931. The van der Waals surface area contributed by atoms with Crippen LogP contribution in [0.4, 0.5) is 0 Å². The molecule has 0 radical (unpaired) electrons. The van der Waals surface area contributed by atoms with Gasteiger partial charge in [-0.1, -0.05) is 37.5 Å². The van der Waals surface area contributed by atoms with Gasteiger partial charge in [0.2, 0.25) is 0 Å². The fourth-order valence-electron chi connectivity index (χ4n) is 3.78. The van der Waals surface area contributed by atoms with E-state index in [-0.39, 0.29) is 5.91 Å². The van der Waals surface area contributed by atoms with E-state index in [1.165, 1.54) is 16.2 Å². The van der Waals surface area contributed by atoms with E-state index >= 15 is 0 Å². The highest BCUT2D eigenvalue weighted by Gasteiger charge is 2.41. The van der Waals surface area contributed by atoms with E-state index < -0.39 is 17.6 Å². The summed E-state index contributed by atoms with van der Waals surface area (Å²) in [7, 11) is 1.64. The molecule has 1 aromatic heterocycles. The van der Waals surface area contributed by atoms with Crippen molar-refractivity contribution in [3.05, 3.63) is 34.7 Å². The maximum absolute atomic E-state index is 12.8. The lowest BCUT2D eigenvalue weighted by Crippen LogP contribution is -2.53. The maximum atomic E-state index is 12.8. The van der Waals surface area contributed by atoms with Gasteiger partial charge < -0.3 is 9.64 Å². The molecule has 1 aliphatic carbocycles. The topological polar surface area (TPSA) is 70.4 Å². The van der Waals surface area contributed by atoms with Crippen molar-refractivity contribution in [2.45, 2.75) is 57.6 Å². The number of benzene rings is 1. The van der Waals surface area contributed by atoms with Crippen LogP contribution in [0.2, 0.25) is 0 Å². The lowest BCUT2D eigenvalue weighted by Gasteiger charge is -2.39. The van der Waals surface area contributed by atoms with Gasteiger partial charge in [-0.05, 0) is 43.7 Å². The van der Waals surface area contributed by atoms with Crippen molar-refractivity contribution in [3.8, 4) is 6.07 Å². The van der Waals surface area contributed by atoms with Crippen molar-refractivity contribution in [2.75, 3.05) is 7.05 Å². The molecule has 1 heterocycles. The number of carbonyl (C=O) groups is 2. The first kappa shape index (κ1) is 19.4. The summed E-state index contributed by atoms with van der Waals surface area (Å²) in [5, 5.41) is 10.7. The Kier molecular flexibility index (Phi) is 5.52. The minimum Gasteiger partial charge on any atom is -0.448 e. The van der Waals surface area contributed by atoms with Crippen molar-refractivity contribution in [2.24, 2.45) is 0 Å². The largest absolute Gasteiger partial charge is 0.448 e. The molecule has 1 aromatic carbocycles. The summed E-state index contributed by atoms with van der Waals surface area (Å²) >= 11 is 1.37. The molecule has 0 bridgehead atoms. The Bertz CT molecular complexity index is 906. The summed E-state index contributed by atoms with van der Waals surface area (Å²) < 4.78 is 6.50. The Morgan fingerprint density at radius 3 is 2.56 bits per heavy atom. The van der Waals surface area contributed by atoms with Gasteiger partial charge >= 0.3 is 5.97 Å². The van der Waals surface area contributed by atoms with Crippen LogP contribution in [-0.2, 0) is 9.53 Å². The molecule has 1 aliphatic rings. The van der Waals surface area contributed by atoms with Crippen LogP contribution in [0.3, 0.4) is 0 Å². The second kappa shape index (κ2) is 7.69. The van der Waals surface area contributed by atoms with Gasteiger partial charge in [-0.25, -0.2) is 4.79 Å². The molecule has 6 heteroatoms. The molecule has 142 valence electrons. The van der Waals surface area contributed by atoms with Gasteiger partial charge in [0.25, 0.3) is 5.91 Å². The average molecular weight is 385 g/mol. The standard InChI is InChI=1S/C21H24N2O3S/c1-14-16-9-5-6-10-17(16)27-18(14)20(25)26-15(2)19(24)23(3)21(13-22)11-7-4-8-12-21/h5-6,9-10,15H,4,7-8,11-12H2,1-3H3/t15-/m0/s1. The van der Waals surface area contributed by atoms with E-state index in [4.69, 9.17) is 4.74 Å². The molecule has 2 aromatic rings. The van der Waals surface area contributed by atoms with Crippen LogP contribution in [0.15, 0.2) is 24.3 Å². The third-order valence-corrected chi connectivity index (χ3v) is 6.77. The molecule has 5 nitrogen and oxygen atoms in total. The Hall–Kier alpha value is -2.39. The molecule has 0 aliphatic heterocycles. The SMILES string of the molecule is Cc1c(C(=O)O[C@@H](C)C(=O)N(C)C2(C#N)CCCCC2)sc2ccccc12.